The molecule has 0 radical (unpaired) electrons. The van der Waals surface area contributed by atoms with Gasteiger partial charge in [-0.05, 0) is 55.9 Å². The number of carbonyl (C=O) groups excluding carboxylic acids is 1. The molecule has 1 saturated heterocycles. The summed E-state index contributed by atoms with van der Waals surface area (Å²) in [5.41, 5.74) is 1.04. The van der Waals surface area contributed by atoms with E-state index in [-0.39, 0.29) is 23.6 Å². The average molecular weight is 330 g/mol. The summed E-state index contributed by atoms with van der Waals surface area (Å²) in [6.45, 7) is 3.49. The van der Waals surface area contributed by atoms with Gasteiger partial charge in [-0.1, -0.05) is 5.10 Å². The van der Waals surface area contributed by atoms with Crippen LogP contribution in [0.2, 0.25) is 0 Å². The number of carbonyl (C=O) groups is 1. The number of likely N-dealkylation sites (tertiary alicyclic amines) is 1. The zero-order valence-electron chi connectivity index (χ0n) is 13.5. The molecule has 24 heavy (non-hydrogen) atoms. The minimum absolute atomic E-state index is 0.0558. The number of nitrogens with zero attached hydrogens (tertiary/aromatic N) is 3. The molecule has 2 aliphatic rings. The Morgan fingerprint density at radius 2 is 2.04 bits per heavy atom. The molecule has 6 nitrogen and oxygen atoms in total. The van der Waals surface area contributed by atoms with Gasteiger partial charge in [0, 0.05) is 18.7 Å². The van der Waals surface area contributed by atoms with Crippen LogP contribution in [0.25, 0.3) is 11.5 Å². The number of hydrogen-bond acceptors (Lipinski definition) is 5. The summed E-state index contributed by atoms with van der Waals surface area (Å²) in [5, 5.41) is 10.8. The number of aromatic nitrogens is 2. The van der Waals surface area contributed by atoms with Gasteiger partial charge < -0.3 is 14.6 Å². The molecule has 0 unspecified atom stereocenters. The Bertz CT molecular complexity index is 754. The summed E-state index contributed by atoms with van der Waals surface area (Å²) in [4.78, 5) is 14.4. The van der Waals surface area contributed by atoms with Gasteiger partial charge in [0.2, 0.25) is 11.8 Å². The van der Waals surface area contributed by atoms with Crippen molar-refractivity contribution in [1.82, 2.24) is 15.1 Å². The largest absolute Gasteiger partial charge is 0.403 e. The first kappa shape index (κ1) is 15.1. The standard InChI is InChI=1S/C17H19FN4O2/c1-11(15(23)22-9-8-17(10-22)6-7-17)19-16-21-20-14(24-16)12-2-4-13(18)5-3-12/h2-5,11H,6-10H2,1H3,(H,19,21)/t11-/m1/s1. The van der Waals surface area contributed by atoms with Crippen LogP contribution in [0.3, 0.4) is 0 Å². The van der Waals surface area contributed by atoms with Gasteiger partial charge in [-0.25, -0.2) is 4.39 Å². The summed E-state index contributed by atoms with van der Waals surface area (Å²) in [6, 6.07) is 5.57. The van der Waals surface area contributed by atoms with Gasteiger partial charge in [0.05, 0.1) is 0 Å². The van der Waals surface area contributed by atoms with Gasteiger partial charge in [0.15, 0.2) is 0 Å². The van der Waals surface area contributed by atoms with E-state index in [0.29, 0.717) is 11.0 Å². The molecule has 7 heteroatoms. The number of amides is 1. The molecular formula is C17H19FN4O2. The summed E-state index contributed by atoms with van der Waals surface area (Å²) < 4.78 is 18.5. The average Bonchev–Trinajstić information content (AvgIpc) is 2.97. The molecule has 2 heterocycles. The minimum Gasteiger partial charge on any atom is -0.403 e. The second-order valence-corrected chi connectivity index (χ2v) is 6.80. The number of halogens is 1. The van der Waals surface area contributed by atoms with Crippen molar-refractivity contribution >= 4 is 11.9 Å². The Morgan fingerprint density at radius 3 is 2.71 bits per heavy atom. The van der Waals surface area contributed by atoms with Crippen LogP contribution in [0.5, 0.6) is 0 Å². The van der Waals surface area contributed by atoms with Crippen molar-refractivity contribution in [3.8, 4) is 11.5 Å². The van der Waals surface area contributed by atoms with Crippen molar-refractivity contribution in [1.29, 1.82) is 0 Å². The van der Waals surface area contributed by atoms with Gasteiger partial charge in [-0.2, -0.15) is 0 Å². The van der Waals surface area contributed by atoms with Crippen LogP contribution >= 0.6 is 0 Å². The predicted octanol–water partition coefficient (Wildman–Crippen LogP) is 2.69. The quantitative estimate of drug-likeness (QED) is 0.933. The molecular weight excluding hydrogens is 311 g/mol. The number of benzene rings is 1. The highest BCUT2D eigenvalue weighted by Gasteiger charge is 2.49. The summed E-state index contributed by atoms with van der Waals surface area (Å²) in [6.07, 6.45) is 3.59. The van der Waals surface area contributed by atoms with Gasteiger partial charge in [-0.15, -0.1) is 5.10 Å². The molecule has 2 fully saturated rings. The molecule has 1 aromatic heterocycles. The fourth-order valence-electron chi connectivity index (χ4n) is 3.22. The zero-order chi connectivity index (χ0) is 16.7. The Balaban J connectivity index is 1.40. The minimum atomic E-state index is -0.430. The van der Waals surface area contributed by atoms with Crippen LogP contribution in [0, 0.1) is 11.2 Å². The molecule has 4 rings (SSSR count). The maximum absolute atomic E-state index is 13.0. The second kappa shape index (κ2) is 5.58. The molecule has 126 valence electrons. The third-order valence-corrected chi connectivity index (χ3v) is 4.93. The highest BCUT2D eigenvalue weighted by atomic mass is 19.1. The Kier molecular flexibility index (Phi) is 3.51. The van der Waals surface area contributed by atoms with E-state index in [2.05, 4.69) is 15.5 Å². The molecule has 1 amide bonds. The SMILES string of the molecule is C[C@@H](Nc1nnc(-c2ccc(F)cc2)o1)C(=O)N1CCC2(CC2)C1. The van der Waals surface area contributed by atoms with Gasteiger partial charge in [0.1, 0.15) is 11.9 Å². The number of anilines is 1. The first-order chi connectivity index (χ1) is 11.5. The van der Waals surface area contributed by atoms with E-state index in [4.69, 9.17) is 4.42 Å². The van der Waals surface area contributed by atoms with E-state index < -0.39 is 6.04 Å². The lowest BCUT2D eigenvalue weighted by molar-refractivity contribution is -0.130. The fraction of sp³-hybridized carbons (Fsp3) is 0.471. The van der Waals surface area contributed by atoms with Crippen LogP contribution in [0.4, 0.5) is 10.4 Å². The van der Waals surface area contributed by atoms with Crippen LogP contribution in [-0.4, -0.2) is 40.1 Å². The van der Waals surface area contributed by atoms with Crippen molar-refractivity contribution in [3.63, 3.8) is 0 Å². The Hall–Kier alpha value is -2.44. The fourth-order valence-corrected chi connectivity index (χ4v) is 3.22. The number of hydrogen-bond donors (Lipinski definition) is 1. The molecule has 1 spiro atoms. The first-order valence-electron chi connectivity index (χ1n) is 8.19. The van der Waals surface area contributed by atoms with Crippen molar-refractivity contribution in [2.24, 2.45) is 5.41 Å². The maximum Gasteiger partial charge on any atom is 0.316 e. The lowest BCUT2D eigenvalue weighted by atomic mass is 10.1. The van der Waals surface area contributed by atoms with E-state index in [1.807, 2.05) is 4.90 Å². The molecule has 2 aromatic rings. The van der Waals surface area contributed by atoms with Crippen molar-refractivity contribution in [2.75, 3.05) is 18.4 Å². The van der Waals surface area contributed by atoms with Crippen LogP contribution in [0.15, 0.2) is 28.7 Å². The van der Waals surface area contributed by atoms with E-state index in [1.54, 1.807) is 19.1 Å². The Labute approximate surface area is 139 Å². The number of nitrogens with one attached hydrogen (secondary N) is 1. The van der Waals surface area contributed by atoms with Gasteiger partial charge in [-0.3, -0.25) is 4.79 Å². The maximum atomic E-state index is 13.0. The van der Waals surface area contributed by atoms with Crippen molar-refractivity contribution in [2.45, 2.75) is 32.2 Å². The normalized spacial score (nSPS) is 19.5. The third-order valence-electron chi connectivity index (χ3n) is 4.93. The highest BCUT2D eigenvalue weighted by Crippen LogP contribution is 2.52. The Morgan fingerprint density at radius 1 is 1.29 bits per heavy atom. The van der Waals surface area contributed by atoms with Crippen LogP contribution in [-0.2, 0) is 4.79 Å². The molecule has 0 bridgehead atoms. The van der Waals surface area contributed by atoms with E-state index in [9.17, 15) is 9.18 Å². The third kappa shape index (κ3) is 2.86. The van der Waals surface area contributed by atoms with Crippen molar-refractivity contribution < 1.29 is 13.6 Å². The summed E-state index contributed by atoms with van der Waals surface area (Å²) in [7, 11) is 0. The summed E-state index contributed by atoms with van der Waals surface area (Å²) >= 11 is 0. The molecule has 1 aliphatic carbocycles. The van der Waals surface area contributed by atoms with Crippen LogP contribution in [0.1, 0.15) is 26.2 Å². The van der Waals surface area contributed by atoms with Crippen LogP contribution < -0.4 is 5.32 Å². The molecule has 1 saturated carbocycles. The second-order valence-electron chi connectivity index (χ2n) is 6.80. The monoisotopic (exact) mass is 330 g/mol. The lowest BCUT2D eigenvalue weighted by Crippen LogP contribution is -2.40. The smallest absolute Gasteiger partial charge is 0.316 e. The number of rotatable bonds is 4. The first-order valence-corrected chi connectivity index (χ1v) is 8.19. The lowest BCUT2D eigenvalue weighted by Gasteiger charge is -2.21. The van der Waals surface area contributed by atoms with E-state index >= 15 is 0 Å². The van der Waals surface area contributed by atoms with Crippen molar-refractivity contribution in [3.05, 3.63) is 30.1 Å². The van der Waals surface area contributed by atoms with Gasteiger partial charge in [0.25, 0.3) is 0 Å². The van der Waals surface area contributed by atoms with E-state index in [1.165, 1.54) is 25.0 Å². The molecule has 1 aromatic carbocycles. The molecule has 1 N–H and O–H groups in total. The zero-order valence-corrected chi connectivity index (χ0v) is 13.5. The topological polar surface area (TPSA) is 71.3 Å². The predicted molar refractivity (Wildman–Crippen MR) is 85.6 cm³/mol. The van der Waals surface area contributed by atoms with Gasteiger partial charge >= 0.3 is 6.01 Å². The summed E-state index contributed by atoms with van der Waals surface area (Å²) in [5.74, 6) is 0.0189. The highest BCUT2D eigenvalue weighted by molar-refractivity contribution is 5.84. The van der Waals surface area contributed by atoms with E-state index in [0.717, 1.165) is 19.5 Å². The molecule has 1 aliphatic heterocycles. The molecule has 1 atom stereocenters.